The third-order valence-electron chi connectivity index (χ3n) is 11.6. The fourth-order valence-corrected chi connectivity index (χ4v) is 9.00. The minimum Gasteiger partial charge on any atom is -0.494 e. The minimum absolute atomic E-state index is 0.165. The fraction of sp³-hybridized carbons (Fsp3) is 0.375. The molecule has 12 nitrogen and oxygen atoms in total. The Morgan fingerprint density at radius 2 is 1.77 bits per heavy atom. The normalized spacial score (nSPS) is 15.5. The number of amidine groups is 1. The van der Waals surface area contributed by atoms with Gasteiger partial charge in [0.25, 0.3) is 0 Å². The Hall–Kier alpha value is -5.56. The zero-order chi connectivity index (χ0) is 44.1. The number of aromatic carboxylic acids is 1. The van der Waals surface area contributed by atoms with Crippen LogP contribution >= 0.6 is 23.2 Å². The van der Waals surface area contributed by atoms with Crippen LogP contribution in [0.15, 0.2) is 59.6 Å². The molecule has 326 valence electrons. The fourth-order valence-electron chi connectivity index (χ4n) is 8.64. The lowest BCUT2D eigenvalue weighted by Crippen LogP contribution is -2.41. The Balaban J connectivity index is 1.37. The average Bonchev–Trinajstić information content (AvgIpc) is 3.73. The number of halogens is 2. The average molecular weight is 881 g/mol. The predicted molar refractivity (Wildman–Crippen MR) is 250 cm³/mol. The molecule has 62 heavy (non-hydrogen) atoms. The molecule has 5 aromatic rings. The first kappa shape index (κ1) is 44.5. The number of anilines is 1. The van der Waals surface area contributed by atoms with Gasteiger partial charge in [-0.05, 0) is 130 Å². The number of ether oxygens (including phenoxy) is 2. The lowest BCUT2D eigenvalue weighted by molar-refractivity contribution is -0.109. The first-order valence-corrected chi connectivity index (χ1v) is 21.9. The zero-order valence-electron chi connectivity index (χ0n) is 36.3. The van der Waals surface area contributed by atoms with Crippen LogP contribution in [0.1, 0.15) is 69.0 Å². The number of dihydropyridines is 1. The molecule has 0 aliphatic carbocycles. The van der Waals surface area contributed by atoms with Crippen LogP contribution in [0.2, 0.25) is 10.0 Å². The number of carboxylic acid groups (broad SMARTS) is 1. The Bertz CT molecular complexity index is 2560. The van der Waals surface area contributed by atoms with Gasteiger partial charge >= 0.3 is 5.97 Å². The highest BCUT2D eigenvalue weighted by Gasteiger charge is 2.25. The molecule has 14 heteroatoms. The number of aromatic nitrogens is 3. The molecule has 3 aromatic carbocycles. The number of benzene rings is 3. The standard InChI is InChI=1S/C48H55Cl2N7O5/c1-29-21-35(47-36(22-29)26-41(48(59)60)57(47)27-37-10-7-11-42(53-37)56-16-19-61-20-17-56)25-34(9-8-18-62-38-23-30(2)45(50)31(3)24-38)39-12-13-40(49)44(46(39)52-15-14-51-28-58)43-32(4)54-55(6)33(43)5/h7,11-13,21-26,28,37,52H,8-10,14-20,27H2,1-6H3,(H,51,58)(H,59,60)/b34-25+. The quantitative estimate of drug-likeness (QED) is 0.0508. The second-order valence-electron chi connectivity index (χ2n) is 16.1. The maximum absolute atomic E-state index is 13.0. The maximum atomic E-state index is 13.0. The van der Waals surface area contributed by atoms with Crippen molar-refractivity contribution in [1.29, 1.82) is 0 Å². The largest absolute Gasteiger partial charge is 0.494 e. The van der Waals surface area contributed by atoms with Gasteiger partial charge in [-0.15, -0.1) is 0 Å². The molecule has 0 saturated carbocycles. The minimum atomic E-state index is -0.998. The predicted octanol–water partition coefficient (Wildman–Crippen LogP) is 9.21. The van der Waals surface area contributed by atoms with Gasteiger partial charge in [0.1, 0.15) is 17.3 Å². The van der Waals surface area contributed by atoms with Crippen LogP contribution in [0, 0.1) is 34.6 Å². The van der Waals surface area contributed by atoms with E-state index >= 15 is 0 Å². The number of hydrogen-bond acceptors (Lipinski definition) is 8. The van der Waals surface area contributed by atoms with Crippen molar-refractivity contribution < 1.29 is 24.2 Å². The Labute approximate surface area is 373 Å². The molecule has 1 atom stereocenters. The third kappa shape index (κ3) is 9.72. The molecule has 4 heterocycles. The summed E-state index contributed by atoms with van der Waals surface area (Å²) >= 11 is 13.6. The summed E-state index contributed by atoms with van der Waals surface area (Å²) in [5, 5.41) is 23.9. The van der Waals surface area contributed by atoms with Crippen LogP contribution in [0.25, 0.3) is 33.7 Å². The number of morpholine rings is 1. The zero-order valence-corrected chi connectivity index (χ0v) is 37.8. The highest BCUT2D eigenvalue weighted by molar-refractivity contribution is 6.34. The van der Waals surface area contributed by atoms with Crippen LogP contribution in [0.5, 0.6) is 5.75 Å². The second-order valence-corrected chi connectivity index (χ2v) is 16.9. The van der Waals surface area contributed by atoms with Crippen molar-refractivity contribution in [3.8, 4) is 16.9 Å². The van der Waals surface area contributed by atoms with Crippen molar-refractivity contribution in [3.05, 3.63) is 110 Å². The van der Waals surface area contributed by atoms with E-state index in [-0.39, 0.29) is 11.7 Å². The summed E-state index contributed by atoms with van der Waals surface area (Å²) in [7, 11) is 1.92. The molecule has 7 rings (SSSR count). The van der Waals surface area contributed by atoms with Gasteiger partial charge < -0.3 is 34.7 Å². The number of fused-ring (bicyclic) bond motifs is 1. The number of carboxylic acids is 1. The Morgan fingerprint density at radius 1 is 1.02 bits per heavy atom. The van der Waals surface area contributed by atoms with Crippen LogP contribution < -0.4 is 15.4 Å². The second kappa shape index (κ2) is 19.7. The molecule has 2 aromatic heterocycles. The van der Waals surface area contributed by atoms with Gasteiger partial charge in [0, 0.05) is 72.6 Å². The van der Waals surface area contributed by atoms with E-state index in [9.17, 15) is 14.7 Å². The summed E-state index contributed by atoms with van der Waals surface area (Å²) in [6, 6.07) is 13.7. The number of rotatable bonds is 16. The summed E-state index contributed by atoms with van der Waals surface area (Å²) in [6.07, 6.45) is 9.01. The molecular weight excluding hydrogens is 825 g/mol. The number of carbonyl (C=O) groups is 2. The monoisotopic (exact) mass is 879 g/mol. The Morgan fingerprint density at radius 3 is 2.47 bits per heavy atom. The summed E-state index contributed by atoms with van der Waals surface area (Å²) in [6.45, 7) is 14.5. The van der Waals surface area contributed by atoms with E-state index in [1.807, 2.05) is 81.2 Å². The SMILES string of the molecule is Cc1cc(/C=C(\CCCOc2cc(C)c(Cl)c(C)c2)c2ccc(Cl)c(-c3c(C)nn(C)c3C)c2NCCNC=O)c2c(c1)cc(C(=O)O)n2CC1CC=CC(N2CCOCC2)=N1. The number of amides is 1. The summed E-state index contributed by atoms with van der Waals surface area (Å²) in [5.41, 5.74) is 11.1. The van der Waals surface area contributed by atoms with Gasteiger partial charge in [-0.1, -0.05) is 35.3 Å². The van der Waals surface area contributed by atoms with E-state index in [4.69, 9.17) is 42.8 Å². The number of nitrogens with one attached hydrogen (secondary N) is 2. The van der Waals surface area contributed by atoms with Gasteiger partial charge in [-0.2, -0.15) is 5.10 Å². The molecule has 0 spiro atoms. The Kier molecular flexibility index (Phi) is 14.1. The van der Waals surface area contributed by atoms with Crippen LogP contribution in [0.4, 0.5) is 5.69 Å². The highest BCUT2D eigenvalue weighted by Crippen LogP contribution is 2.44. The highest BCUT2D eigenvalue weighted by atomic mass is 35.5. The number of allylic oxidation sites excluding steroid dienone is 1. The first-order chi connectivity index (χ1) is 29.8. The van der Waals surface area contributed by atoms with Gasteiger partial charge in [-0.3, -0.25) is 14.5 Å². The number of hydrogen-bond donors (Lipinski definition) is 3. The van der Waals surface area contributed by atoms with E-state index in [1.165, 1.54) is 0 Å². The van der Waals surface area contributed by atoms with E-state index < -0.39 is 5.97 Å². The van der Waals surface area contributed by atoms with E-state index in [0.29, 0.717) is 70.2 Å². The van der Waals surface area contributed by atoms with Gasteiger partial charge in [0.15, 0.2) is 0 Å². The smallest absolute Gasteiger partial charge is 0.352 e. The van der Waals surface area contributed by atoms with Crippen molar-refractivity contribution in [2.45, 2.75) is 66.5 Å². The lowest BCUT2D eigenvalue weighted by atomic mass is 9.91. The van der Waals surface area contributed by atoms with E-state index in [0.717, 1.165) is 102 Å². The van der Waals surface area contributed by atoms with E-state index in [1.54, 1.807) is 6.07 Å². The summed E-state index contributed by atoms with van der Waals surface area (Å²) in [5.74, 6) is 0.665. The van der Waals surface area contributed by atoms with Crippen LogP contribution in [0.3, 0.4) is 0 Å². The molecule has 3 N–H and O–H groups in total. The number of aliphatic imine (C=N–C) groups is 1. The lowest BCUT2D eigenvalue weighted by Gasteiger charge is -2.31. The first-order valence-electron chi connectivity index (χ1n) is 21.1. The van der Waals surface area contributed by atoms with Crippen molar-refractivity contribution in [3.63, 3.8) is 0 Å². The molecule has 0 bridgehead atoms. The van der Waals surface area contributed by atoms with Gasteiger partial charge in [0.2, 0.25) is 6.41 Å². The van der Waals surface area contributed by atoms with Crippen LogP contribution in [-0.4, -0.2) is 94.6 Å². The number of nitrogens with zero attached hydrogens (tertiary/aromatic N) is 5. The van der Waals surface area contributed by atoms with E-state index in [2.05, 4.69) is 39.8 Å². The number of aryl methyl sites for hydroxylation is 5. The third-order valence-corrected chi connectivity index (χ3v) is 12.5. The molecule has 1 amide bonds. The number of carbonyl (C=O) groups excluding carboxylic acids is 1. The van der Waals surface area contributed by atoms with Crippen LogP contribution in [-0.2, 0) is 23.1 Å². The van der Waals surface area contributed by atoms with Crippen molar-refractivity contribution in [2.24, 2.45) is 12.0 Å². The van der Waals surface area contributed by atoms with Crippen molar-refractivity contribution in [1.82, 2.24) is 24.6 Å². The van der Waals surface area contributed by atoms with Crippen molar-refractivity contribution >= 4 is 69.7 Å². The molecule has 2 aliphatic rings. The molecule has 0 radical (unpaired) electrons. The van der Waals surface area contributed by atoms with Gasteiger partial charge in [-0.25, -0.2) is 4.79 Å². The van der Waals surface area contributed by atoms with Crippen molar-refractivity contribution in [2.75, 3.05) is 51.3 Å². The molecule has 2 aliphatic heterocycles. The summed E-state index contributed by atoms with van der Waals surface area (Å²) < 4.78 is 15.7. The molecule has 1 fully saturated rings. The molecule has 1 unspecified atom stereocenters. The summed E-state index contributed by atoms with van der Waals surface area (Å²) in [4.78, 5) is 31.7. The topological polar surface area (TPSA) is 135 Å². The maximum Gasteiger partial charge on any atom is 0.352 e. The molecular formula is C48H55Cl2N7O5. The van der Waals surface area contributed by atoms with Gasteiger partial charge in [0.05, 0.1) is 47.8 Å². The molecule has 1 saturated heterocycles.